The number of esters is 1. The summed E-state index contributed by atoms with van der Waals surface area (Å²) in [5, 5.41) is 3.95. The predicted octanol–water partition coefficient (Wildman–Crippen LogP) is 6.34. The van der Waals surface area contributed by atoms with Gasteiger partial charge in [-0.25, -0.2) is 9.79 Å². The first kappa shape index (κ1) is 21.8. The number of fused-ring (bicyclic) bond motifs is 1. The van der Waals surface area contributed by atoms with Crippen molar-refractivity contribution in [3.05, 3.63) is 86.5 Å². The van der Waals surface area contributed by atoms with E-state index < -0.39 is 0 Å². The van der Waals surface area contributed by atoms with Gasteiger partial charge < -0.3 is 14.4 Å². The van der Waals surface area contributed by atoms with Gasteiger partial charge in [-0.2, -0.15) is 0 Å². The molecule has 5 nitrogen and oxygen atoms in total. The first-order chi connectivity index (χ1) is 15.0. The number of carbonyl (C=O) groups excluding carboxylic acids is 1. The van der Waals surface area contributed by atoms with Crippen LogP contribution in [0.25, 0.3) is 0 Å². The van der Waals surface area contributed by atoms with Crippen molar-refractivity contribution in [3.63, 3.8) is 0 Å². The molecule has 2 aromatic rings. The Balaban J connectivity index is 1.57. The number of allylic oxidation sites excluding steroid dienone is 1. The third-order valence-electron chi connectivity index (χ3n) is 4.92. The highest BCUT2D eigenvalue weighted by Crippen LogP contribution is 2.41. The molecule has 2 aliphatic rings. The van der Waals surface area contributed by atoms with E-state index in [1.54, 1.807) is 19.1 Å². The molecule has 0 aromatic heterocycles. The third-order valence-corrected chi connectivity index (χ3v) is 6.28. The van der Waals surface area contributed by atoms with Crippen LogP contribution in [0.2, 0.25) is 10.0 Å². The lowest BCUT2D eigenvalue weighted by molar-refractivity contribution is -0.139. The summed E-state index contributed by atoms with van der Waals surface area (Å²) in [4.78, 5) is 19.3. The van der Waals surface area contributed by atoms with E-state index in [1.807, 2.05) is 53.8 Å². The van der Waals surface area contributed by atoms with Gasteiger partial charge in [-0.3, -0.25) is 0 Å². The highest BCUT2D eigenvalue weighted by Gasteiger charge is 2.37. The molecule has 160 valence electrons. The largest absolute Gasteiger partial charge is 0.489 e. The molecule has 0 N–H and O–H groups in total. The Labute approximate surface area is 195 Å². The average molecular weight is 475 g/mol. The number of aliphatic imine (C=N–C) groups is 1. The third kappa shape index (κ3) is 4.61. The Morgan fingerprint density at radius 1 is 1.19 bits per heavy atom. The molecule has 0 amide bonds. The maximum absolute atomic E-state index is 12.7. The fraction of sp³-hybridized carbons (Fsp3) is 0.217. The molecule has 0 aliphatic carbocycles. The molecule has 0 saturated carbocycles. The quantitative estimate of drug-likeness (QED) is 0.457. The normalized spacial score (nSPS) is 17.5. The van der Waals surface area contributed by atoms with Crippen molar-refractivity contribution >= 4 is 46.1 Å². The van der Waals surface area contributed by atoms with Gasteiger partial charge in [0.25, 0.3) is 0 Å². The number of hydrogen-bond donors (Lipinski definition) is 0. The molecule has 31 heavy (non-hydrogen) atoms. The van der Waals surface area contributed by atoms with Crippen LogP contribution in [-0.4, -0.2) is 22.6 Å². The molecule has 0 unspecified atom stereocenters. The van der Waals surface area contributed by atoms with Crippen molar-refractivity contribution in [1.29, 1.82) is 0 Å². The van der Waals surface area contributed by atoms with E-state index in [4.69, 9.17) is 32.7 Å². The Morgan fingerprint density at radius 3 is 2.68 bits per heavy atom. The molecular formula is C23H20Cl2N2O3S. The summed E-state index contributed by atoms with van der Waals surface area (Å²) in [6.45, 7) is 4.28. The minimum absolute atomic E-state index is 0.308. The number of nitrogens with zero attached hydrogens (tertiary/aromatic N) is 2. The average Bonchev–Trinajstić information content (AvgIpc) is 3.20. The Hall–Kier alpha value is -2.41. The molecule has 0 bridgehead atoms. The number of carbonyl (C=O) groups is 1. The van der Waals surface area contributed by atoms with Gasteiger partial charge in [0.15, 0.2) is 5.17 Å². The fourth-order valence-electron chi connectivity index (χ4n) is 3.44. The number of halogens is 2. The minimum Gasteiger partial charge on any atom is -0.489 e. The van der Waals surface area contributed by atoms with E-state index in [1.165, 1.54) is 11.8 Å². The monoisotopic (exact) mass is 474 g/mol. The van der Waals surface area contributed by atoms with Crippen LogP contribution in [0.4, 0.5) is 0 Å². The zero-order chi connectivity index (χ0) is 22.0. The van der Waals surface area contributed by atoms with E-state index in [-0.39, 0.29) is 12.0 Å². The van der Waals surface area contributed by atoms with Crippen molar-refractivity contribution in [1.82, 2.24) is 4.90 Å². The second-order valence-electron chi connectivity index (χ2n) is 6.92. The Kier molecular flexibility index (Phi) is 6.60. The smallest absolute Gasteiger partial charge is 0.338 e. The van der Waals surface area contributed by atoms with Crippen molar-refractivity contribution in [2.45, 2.75) is 26.5 Å². The Bertz CT molecular complexity index is 1100. The summed E-state index contributed by atoms with van der Waals surface area (Å²) in [6, 6.07) is 12.7. The van der Waals surface area contributed by atoms with Crippen LogP contribution in [-0.2, 0) is 16.1 Å². The van der Waals surface area contributed by atoms with Crippen LogP contribution in [0.1, 0.15) is 31.0 Å². The predicted molar refractivity (Wildman–Crippen MR) is 125 cm³/mol. The number of rotatable bonds is 6. The highest BCUT2D eigenvalue weighted by atomic mass is 35.5. The summed E-state index contributed by atoms with van der Waals surface area (Å²) in [5.74, 6) is 0.347. The zero-order valence-electron chi connectivity index (χ0n) is 17.0. The van der Waals surface area contributed by atoms with E-state index >= 15 is 0 Å². The van der Waals surface area contributed by atoms with Gasteiger partial charge >= 0.3 is 5.97 Å². The van der Waals surface area contributed by atoms with E-state index in [0.717, 1.165) is 16.3 Å². The minimum atomic E-state index is -0.351. The van der Waals surface area contributed by atoms with Crippen molar-refractivity contribution < 1.29 is 14.3 Å². The lowest BCUT2D eigenvalue weighted by Crippen LogP contribution is -2.34. The number of ether oxygens (including phenoxy) is 2. The maximum Gasteiger partial charge on any atom is 0.338 e. The molecule has 2 aliphatic heterocycles. The van der Waals surface area contributed by atoms with Gasteiger partial charge in [0, 0.05) is 21.8 Å². The summed E-state index contributed by atoms with van der Waals surface area (Å²) in [7, 11) is 0. The van der Waals surface area contributed by atoms with Gasteiger partial charge in [-0.15, -0.1) is 0 Å². The van der Waals surface area contributed by atoms with Crippen LogP contribution in [0, 0.1) is 0 Å². The molecule has 0 saturated heterocycles. The van der Waals surface area contributed by atoms with Gasteiger partial charge in [0.1, 0.15) is 12.4 Å². The van der Waals surface area contributed by atoms with Crippen molar-refractivity contribution in [3.8, 4) is 5.75 Å². The second-order valence-corrected chi connectivity index (χ2v) is 8.64. The van der Waals surface area contributed by atoms with Gasteiger partial charge in [-0.1, -0.05) is 53.2 Å². The van der Waals surface area contributed by atoms with Crippen LogP contribution in [0.15, 0.2) is 70.3 Å². The van der Waals surface area contributed by atoms with E-state index in [2.05, 4.69) is 4.99 Å². The lowest BCUT2D eigenvalue weighted by Gasteiger charge is -2.33. The van der Waals surface area contributed by atoms with Gasteiger partial charge in [0.05, 0.1) is 23.9 Å². The highest BCUT2D eigenvalue weighted by molar-refractivity contribution is 8.16. The SMILES string of the molecule is CCOC(=O)C1=C(C)N=C2SC=CN2[C@@H]1c1ccc(OCc2ccc(Cl)cc2Cl)cc1. The summed E-state index contributed by atoms with van der Waals surface area (Å²) in [6.07, 6.45) is 1.94. The molecule has 1 atom stereocenters. The van der Waals surface area contributed by atoms with Crippen LogP contribution in [0.5, 0.6) is 5.75 Å². The summed E-state index contributed by atoms with van der Waals surface area (Å²) in [5.41, 5.74) is 3.01. The van der Waals surface area contributed by atoms with Crippen LogP contribution < -0.4 is 4.74 Å². The summed E-state index contributed by atoms with van der Waals surface area (Å²) >= 11 is 13.7. The van der Waals surface area contributed by atoms with Gasteiger partial charge in [0.2, 0.25) is 0 Å². The fourth-order valence-corrected chi connectivity index (χ4v) is 4.70. The molecular weight excluding hydrogens is 455 g/mol. The molecule has 8 heteroatoms. The number of hydrogen-bond acceptors (Lipinski definition) is 6. The number of benzene rings is 2. The molecule has 0 spiro atoms. The number of thioether (sulfide) groups is 1. The molecule has 0 fully saturated rings. The maximum atomic E-state index is 12.7. The standard InChI is InChI=1S/C23H20Cl2N2O3S/c1-3-29-22(28)20-14(2)26-23-27(10-11-31-23)21(20)15-5-8-18(9-6-15)30-13-16-4-7-17(24)12-19(16)25/h4-12,21H,3,13H2,1-2H3/t21-/m1/s1. The molecule has 4 rings (SSSR count). The number of amidine groups is 1. The van der Waals surface area contributed by atoms with Crippen LogP contribution >= 0.6 is 35.0 Å². The lowest BCUT2D eigenvalue weighted by atomic mass is 9.95. The zero-order valence-corrected chi connectivity index (χ0v) is 19.3. The molecule has 2 aromatic carbocycles. The van der Waals surface area contributed by atoms with Crippen molar-refractivity contribution in [2.24, 2.45) is 4.99 Å². The van der Waals surface area contributed by atoms with Crippen molar-refractivity contribution in [2.75, 3.05) is 6.61 Å². The first-order valence-electron chi connectivity index (χ1n) is 9.73. The van der Waals surface area contributed by atoms with E-state index in [0.29, 0.717) is 40.3 Å². The van der Waals surface area contributed by atoms with Gasteiger partial charge in [-0.05, 0) is 49.1 Å². The van der Waals surface area contributed by atoms with E-state index in [9.17, 15) is 4.79 Å². The second kappa shape index (κ2) is 9.39. The molecule has 2 heterocycles. The summed E-state index contributed by atoms with van der Waals surface area (Å²) < 4.78 is 11.2. The topological polar surface area (TPSA) is 51.1 Å². The first-order valence-corrected chi connectivity index (χ1v) is 11.4. The molecule has 0 radical (unpaired) electrons. The van der Waals surface area contributed by atoms with Crippen LogP contribution in [0.3, 0.4) is 0 Å². The Morgan fingerprint density at radius 2 is 1.97 bits per heavy atom.